The summed E-state index contributed by atoms with van der Waals surface area (Å²) in [5.41, 5.74) is 0.798. The molecule has 1 fully saturated rings. The molecule has 0 saturated carbocycles. The summed E-state index contributed by atoms with van der Waals surface area (Å²) in [5, 5.41) is 4.58. The number of carbonyl (C=O) groups excluding carboxylic acids is 1. The fourth-order valence-corrected chi connectivity index (χ4v) is 4.02. The quantitative estimate of drug-likeness (QED) is 0.664. The predicted octanol–water partition coefficient (Wildman–Crippen LogP) is 3.09. The van der Waals surface area contributed by atoms with Crippen LogP contribution in [0.2, 0.25) is 0 Å². The molecule has 0 aliphatic carbocycles. The molecule has 2 N–H and O–H groups in total. The van der Waals surface area contributed by atoms with Crippen molar-refractivity contribution >= 4 is 39.2 Å². The van der Waals surface area contributed by atoms with E-state index >= 15 is 0 Å². The first kappa shape index (κ1) is 18.6. The molecule has 3 heterocycles. The van der Waals surface area contributed by atoms with Crippen LogP contribution >= 0.6 is 11.3 Å². The van der Waals surface area contributed by atoms with E-state index in [0.29, 0.717) is 6.54 Å². The first-order chi connectivity index (χ1) is 13.6. The lowest BCUT2D eigenvalue weighted by atomic mass is 10.3. The predicted molar refractivity (Wildman–Crippen MR) is 108 cm³/mol. The average Bonchev–Trinajstić information content (AvgIpc) is 3.32. The maximum absolute atomic E-state index is 12.3. The Hall–Kier alpha value is -2.71. The van der Waals surface area contributed by atoms with Gasteiger partial charge in [-0.1, -0.05) is 0 Å². The van der Waals surface area contributed by atoms with Crippen LogP contribution < -0.4 is 15.0 Å². The molecule has 1 aromatic carbocycles. The van der Waals surface area contributed by atoms with Gasteiger partial charge in [0.25, 0.3) is 0 Å². The zero-order valence-corrected chi connectivity index (χ0v) is 16.7. The van der Waals surface area contributed by atoms with Gasteiger partial charge in [0.15, 0.2) is 0 Å². The molecule has 7 nitrogen and oxygen atoms in total. The van der Waals surface area contributed by atoms with Gasteiger partial charge in [-0.3, -0.25) is 0 Å². The smallest absolute Gasteiger partial charge is 0.491 e. The molecule has 0 radical (unpaired) electrons. The molecule has 2 aromatic heterocycles. The molecular weight excluding hydrogens is 376 g/mol. The Bertz CT molecular complexity index is 957. The van der Waals surface area contributed by atoms with Crippen molar-refractivity contribution in [1.82, 2.24) is 9.97 Å². The molecule has 1 saturated heterocycles. The lowest BCUT2D eigenvalue weighted by Crippen LogP contribution is -2.82. The van der Waals surface area contributed by atoms with Crippen LogP contribution in [0.15, 0.2) is 42.0 Å². The minimum Gasteiger partial charge on any atom is -0.491 e. The summed E-state index contributed by atoms with van der Waals surface area (Å²) in [5.74, 6) is 1.70. The fraction of sp³-hybridized carbons (Fsp3) is 0.350. The summed E-state index contributed by atoms with van der Waals surface area (Å²) in [6.07, 6.45) is 2.03. The minimum absolute atomic E-state index is 0.121. The molecule has 0 spiro atoms. The van der Waals surface area contributed by atoms with Crippen LogP contribution in [-0.2, 0) is 4.74 Å². The number of nitrogens with zero attached hydrogens (tertiary/aromatic N) is 3. The number of primary amides is 1. The Morgan fingerprint density at radius 1 is 1.25 bits per heavy atom. The molecule has 1 unspecified atom stereocenters. The van der Waals surface area contributed by atoms with Crippen molar-refractivity contribution in [2.45, 2.75) is 32.5 Å². The Morgan fingerprint density at radius 2 is 2.07 bits per heavy atom. The topological polar surface area (TPSA) is 81.2 Å². The monoisotopic (exact) mass is 399 g/mol. The molecule has 8 heteroatoms. The lowest BCUT2D eigenvalue weighted by molar-refractivity contribution is -0.484. The van der Waals surface area contributed by atoms with Crippen LogP contribution in [0.4, 0.5) is 16.3 Å². The van der Waals surface area contributed by atoms with E-state index in [1.54, 1.807) is 17.7 Å². The molecule has 3 aromatic rings. The standard InChI is InChI=1S/C20H22N4O3S/c1-13(2)26-15-5-3-14(4-6-15)23-20(25)27-16-7-9-24(11-16)18-17-8-10-28-19(17)22-12-21-18/h3-6,8,10,12-13,16H,7,9,11H2,1-2H3,(H,23,25)/p+1. The van der Waals surface area contributed by atoms with Gasteiger partial charge in [0, 0.05) is 25.1 Å². The van der Waals surface area contributed by atoms with Gasteiger partial charge in [-0.05, 0) is 37.4 Å². The number of ether oxygens (including phenoxy) is 2. The average molecular weight is 399 g/mol. The fourth-order valence-electron chi connectivity index (χ4n) is 3.29. The highest BCUT2D eigenvalue weighted by Crippen LogP contribution is 2.29. The Balaban J connectivity index is 1.33. The third kappa shape index (κ3) is 4.23. The van der Waals surface area contributed by atoms with Gasteiger partial charge in [-0.2, -0.15) is 4.79 Å². The molecule has 1 atom stereocenters. The second-order valence-electron chi connectivity index (χ2n) is 7.01. The number of thiophene rings is 1. The van der Waals surface area contributed by atoms with Gasteiger partial charge in [-0.25, -0.2) is 15.3 Å². The number of hydrogen-bond donors (Lipinski definition) is 1. The second-order valence-corrected chi connectivity index (χ2v) is 7.90. The molecule has 28 heavy (non-hydrogen) atoms. The van der Waals surface area contributed by atoms with E-state index in [9.17, 15) is 4.79 Å². The third-order valence-electron chi connectivity index (χ3n) is 4.50. The zero-order chi connectivity index (χ0) is 19.5. The summed E-state index contributed by atoms with van der Waals surface area (Å²) in [4.78, 5) is 24.2. The van der Waals surface area contributed by atoms with E-state index < -0.39 is 0 Å². The number of nitrogens with two attached hydrogens (primary N) is 1. The normalized spacial score (nSPS) is 16.7. The van der Waals surface area contributed by atoms with E-state index in [1.807, 2.05) is 49.6 Å². The largest absolute Gasteiger partial charge is 0.518 e. The summed E-state index contributed by atoms with van der Waals surface area (Å²) >= 11 is 1.60. The maximum Gasteiger partial charge on any atom is 0.518 e. The molecule has 1 aliphatic rings. The van der Waals surface area contributed by atoms with Gasteiger partial charge < -0.3 is 14.4 Å². The number of benzene rings is 1. The van der Waals surface area contributed by atoms with Crippen LogP contribution in [0.25, 0.3) is 10.2 Å². The van der Waals surface area contributed by atoms with Crippen LogP contribution in [0, 0.1) is 0 Å². The number of aromatic nitrogens is 2. The molecular formula is C20H23N4O3S+. The van der Waals surface area contributed by atoms with Gasteiger partial charge >= 0.3 is 6.09 Å². The van der Waals surface area contributed by atoms with Crippen LogP contribution in [-0.4, -0.2) is 41.4 Å². The number of quaternary nitrogens is 1. The van der Waals surface area contributed by atoms with Crippen LogP contribution in [0.3, 0.4) is 0 Å². The van der Waals surface area contributed by atoms with E-state index in [0.717, 1.165) is 40.4 Å². The maximum atomic E-state index is 12.3. The Morgan fingerprint density at radius 3 is 2.86 bits per heavy atom. The van der Waals surface area contributed by atoms with Crippen molar-refractivity contribution in [2.24, 2.45) is 0 Å². The number of hydrogen-bond acceptors (Lipinski definition) is 7. The van der Waals surface area contributed by atoms with Crippen molar-refractivity contribution in [2.75, 3.05) is 18.0 Å². The van der Waals surface area contributed by atoms with E-state index in [1.165, 1.54) is 5.32 Å². The Kier molecular flexibility index (Phi) is 5.40. The lowest BCUT2D eigenvalue weighted by Gasteiger charge is -2.17. The Labute approximate surface area is 167 Å². The SMILES string of the molecule is CC(C)Oc1ccc([NH2+]C(=O)OC2CCN(c3ncnc4sccc34)C2)cc1. The molecule has 146 valence electrons. The number of fused-ring (bicyclic) bond motifs is 1. The highest BCUT2D eigenvalue weighted by Gasteiger charge is 2.29. The highest BCUT2D eigenvalue weighted by atomic mass is 32.1. The van der Waals surface area contributed by atoms with Gasteiger partial charge in [-0.15, -0.1) is 11.3 Å². The molecule has 1 amide bonds. The summed E-state index contributed by atoms with van der Waals surface area (Å²) < 4.78 is 11.3. The van der Waals surface area contributed by atoms with E-state index in [4.69, 9.17) is 9.47 Å². The van der Waals surface area contributed by atoms with Gasteiger partial charge in [0.05, 0.1) is 18.0 Å². The number of carbonyl (C=O) groups is 1. The van der Waals surface area contributed by atoms with E-state index in [2.05, 4.69) is 14.9 Å². The number of rotatable bonds is 5. The molecule has 1 aliphatic heterocycles. The van der Waals surface area contributed by atoms with Gasteiger partial charge in [0.2, 0.25) is 0 Å². The first-order valence-corrected chi connectivity index (χ1v) is 10.2. The van der Waals surface area contributed by atoms with Gasteiger partial charge in [0.1, 0.15) is 34.5 Å². The van der Waals surface area contributed by atoms with Crippen molar-refractivity contribution in [3.05, 3.63) is 42.0 Å². The van der Waals surface area contributed by atoms with Crippen molar-refractivity contribution in [1.29, 1.82) is 0 Å². The molecule has 0 bridgehead atoms. The third-order valence-corrected chi connectivity index (χ3v) is 5.33. The summed E-state index contributed by atoms with van der Waals surface area (Å²) in [7, 11) is 0. The first-order valence-electron chi connectivity index (χ1n) is 9.34. The van der Waals surface area contributed by atoms with Crippen LogP contribution in [0.5, 0.6) is 5.75 Å². The van der Waals surface area contributed by atoms with E-state index in [-0.39, 0.29) is 18.3 Å². The number of amides is 1. The number of anilines is 1. The van der Waals surface area contributed by atoms with Crippen molar-refractivity contribution in [3.63, 3.8) is 0 Å². The second kappa shape index (κ2) is 8.12. The summed E-state index contributed by atoms with van der Waals surface area (Å²) in [6, 6.07) is 9.46. The van der Waals surface area contributed by atoms with Crippen molar-refractivity contribution < 1.29 is 19.6 Å². The molecule has 4 rings (SSSR count). The summed E-state index contributed by atoms with van der Waals surface area (Å²) in [6.45, 7) is 5.41. The van der Waals surface area contributed by atoms with Crippen molar-refractivity contribution in [3.8, 4) is 5.75 Å². The highest BCUT2D eigenvalue weighted by molar-refractivity contribution is 7.16. The minimum atomic E-state index is -0.326. The van der Waals surface area contributed by atoms with Crippen LogP contribution in [0.1, 0.15) is 20.3 Å². The zero-order valence-electron chi connectivity index (χ0n) is 15.9.